The number of allylic oxidation sites excluding steroid dienone is 3. The Bertz CT molecular complexity index is 295. The molecular weight excluding hydrogens is 172 g/mol. The molecule has 0 spiro atoms. The number of rotatable bonds is 3. The molecule has 78 valence electrons. The molecule has 1 aromatic rings. The topological polar surface area (TPSA) is 17.8 Å². The van der Waals surface area contributed by atoms with E-state index in [1.807, 2.05) is 43.9 Å². The van der Waals surface area contributed by atoms with Gasteiger partial charge < -0.3 is 4.57 Å². The largest absolute Gasteiger partial charge is 0.310 e. The smallest absolute Gasteiger partial charge is 0.0992 e. The summed E-state index contributed by atoms with van der Waals surface area (Å²) >= 11 is 0. The van der Waals surface area contributed by atoms with E-state index in [-0.39, 0.29) is 0 Å². The van der Waals surface area contributed by atoms with Crippen LogP contribution in [0.3, 0.4) is 0 Å². The molecule has 0 amide bonds. The van der Waals surface area contributed by atoms with Gasteiger partial charge >= 0.3 is 0 Å². The monoisotopic (exact) mass is 192 g/mol. The lowest BCUT2D eigenvalue weighted by Gasteiger charge is -1.98. The predicted octanol–water partition coefficient (Wildman–Crippen LogP) is 3.52. The van der Waals surface area contributed by atoms with Crippen LogP contribution < -0.4 is 0 Å². The number of aryl methyl sites for hydroxylation is 1. The van der Waals surface area contributed by atoms with Crippen LogP contribution in [0.4, 0.5) is 0 Å². The van der Waals surface area contributed by atoms with Gasteiger partial charge in [-0.05, 0) is 19.4 Å². The number of nitrogens with zero attached hydrogens (tertiary/aromatic N) is 2. The summed E-state index contributed by atoms with van der Waals surface area (Å²) in [7, 11) is 0. The molecule has 0 saturated carbocycles. The Morgan fingerprint density at radius 2 is 2.21 bits per heavy atom. The maximum absolute atomic E-state index is 4.23. The first kappa shape index (κ1) is 12.7. The van der Waals surface area contributed by atoms with E-state index >= 15 is 0 Å². The van der Waals surface area contributed by atoms with Crippen molar-refractivity contribution >= 4 is 5.70 Å². The molecule has 14 heavy (non-hydrogen) atoms. The molecule has 0 aromatic carbocycles. The van der Waals surface area contributed by atoms with Crippen molar-refractivity contribution in [3.05, 3.63) is 36.9 Å². The molecule has 0 aliphatic rings. The van der Waals surface area contributed by atoms with Crippen LogP contribution in [0, 0.1) is 0 Å². The van der Waals surface area contributed by atoms with E-state index in [0.29, 0.717) is 0 Å². The van der Waals surface area contributed by atoms with Gasteiger partial charge in [0, 0.05) is 11.9 Å². The van der Waals surface area contributed by atoms with Crippen LogP contribution in [0.2, 0.25) is 0 Å². The highest BCUT2D eigenvalue weighted by Crippen LogP contribution is 2.05. The fourth-order valence-corrected chi connectivity index (χ4v) is 0.996. The van der Waals surface area contributed by atoms with E-state index in [0.717, 1.165) is 17.8 Å². The summed E-state index contributed by atoms with van der Waals surface area (Å²) in [5.41, 5.74) is 2.25. The van der Waals surface area contributed by atoms with Crippen LogP contribution in [0.5, 0.6) is 0 Å². The molecule has 1 rings (SSSR count). The molecular formula is C12H20N2. The Morgan fingerprint density at radius 1 is 1.57 bits per heavy atom. The standard InChI is InChI=1S/C10H14N2.C2H6/c1-4-6-9(3)12-7-10(5-2)11-8-12;1-2/h4,6-8H,1,5H2,2-3H3;1-2H3/b9-6+;. The third-order valence-corrected chi connectivity index (χ3v) is 1.76. The van der Waals surface area contributed by atoms with Gasteiger partial charge in [0.2, 0.25) is 0 Å². The molecule has 0 aliphatic carbocycles. The minimum absolute atomic E-state index is 0.981. The number of aromatic nitrogens is 2. The average molecular weight is 192 g/mol. The van der Waals surface area contributed by atoms with Crippen LogP contribution in [-0.2, 0) is 6.42 Å². The highest BCUT2D eigenvalue weighted by molar-refractivity contribution is 5.44. The second-order valence-corrected chi connectivity index (χ2v) is 2.67. The molecule has 1 aromatic heterocycles. The maximum Gasteiger partial charge on any atom is 0.0992 e. The Morgan fingerprint density at radius 3 is 2.64 bits per heavy atom. The summed E-state index contributed by atoms with van der Waals surface area (Å²) in [6.45, 7) is 11.8. The van der Waals surface area contributed by atoms with Crippen molar-refractivity contribution in [3.8, 4) is 0 Å². The molecule has 2 heteroatoms. The Labute approximate surface area is 87.0 Å². The maximum atomic E-state index is 4.23. The molecule has 0 aliphatic heterocycles. The van der Waals surface area contributed by atoms with Crippen molar-refractivity contribution in [2.75, 3.05) is 0 Å². The van der Waals surface area contributed by atoms with Gasteiger partial charge in [-0.1, -0.05) is 33.4 Å². The lowest BCUT2D eigenvalue weighted by Crippen LogP contribution is -1.87. The molecule has 2 nitrogen and oxygen atoms in total. The van der Waals surface area contributed by atoms with Crippen LogP contribution in [0.1, 0.15) is 33.4 Å². The third kappa shape index (κ3) is 3.60. The molecule has 0 unspecified atom stereocenters. The van der Waals surface area contributed by atoms with Gasteiger partial charge in [-0.25, -0.2) is 4.98 Å². The Hall–Kier alpha value is -1.31. The summed E-state index contributed by atoms with van der Waals surface area (Å²) in [6, 6.07) is 0. The zero-order valence-electron chi connectivity index (χ0n) is 9.62. The van der Waals surface area contributed by atoms with E-state index < -0.39 is 0 Å². The normalized spacial score (nSPS) is 10.4. The van der Waals surface area contributed by atoms with Gasteiger partial charge in [-0.3, -0.25) is 0 Å². The molecule has 0 bridgehead atoms. The minimum Gasteiger partial charge on any atom is -0.310 e. The van der Waals surface area contributed by atoms with Gasteiger partial charge in [-0.15, -0.1) is 0 Å². The zero-order chi connectivity index (χ0) is 11.0. The van der Waals surface area contributed by atoms with Gasteiger partial charge in [0.1, 0.15) is 0 Å². The highest BCUT2D eigenvalue weighted by Gasteiger charge is 1.95. The van der Waals surface area contributed by atoms with Crippen molar-refractivity contribution in [1.82, 2.24) is 9.55 Å². The van der Waals surface area contributed by atoms with Crippen LogP contribution in [0.25, 0.3) is 5.70 Å². The summed E-state index contributed by atoms with van der Waals surface area (Å²) in [4.78, 5) is 4.23. The van der Waals surface area contributed by atoms with Crippen LogP contribution in [0.15, 0.2) is 31.3 Å². The van der Waals surface area contributed by atoms with Crippen LogP contribution >= 0.6 is 0 Å². The summed E-state index contributed by atoms with van der Waals surface area (Å²) in [6.07, 6.45) is 8.58. The van der Waals surface area contributed by atoms with Crippen molar-refractivity contribution in [3.63, 3.8) is 0 Å². The summed E-state index contributed by atoms with van der Waals surface area (Å²) in [5.74, 6) is 0. The lowest BCUT2D eigenvalue weighted by molar-refractivity contribution is 1.06. The van der Waals surface area contributed by atoms with E-state index in [4.69, 9.17) is 0 Å². The van der Waals surface area contributed by atoms with Crippen molar-refractivity contribution in [2.24, 2.45) is 0 Å². The first-order valence-corrected chi connectivity index (χ1v) is 5.10. The van der Waals surface area contributed by atoms with Crippen LogP contribution in [-0.4, -0.2) is 9.55 Å². The second kappa shape index (κ2) is 7.13. The van der Waals surface area contributed by atoms with E-state index in [1.165, 1.54) is 0 Å². The van der Waals surface area contributed by atoms with Crippen molar-refractivity contribution in [1.29, 1.82) is 0 Å². The quantitative estimate of drug-likeness (QED) is 0.670. The van der Waals surface area contributed by atoms with Gasteiger partial charge in [0.05, 0.1) is 12.0 Å². The van der Waals surface area contributed by atoms with Crippen molar-refractivity contribution in [2.45, 2.75) is 34.1 Å². The number of hydrogen-bond acceptors (Lipinski definition) is 1. The van der Waals surface area contributed by atoms with E-state index in [9.17, 15) is 0 Å². The number of hydrogen-bond donors (Lipinski definition) is 0. The Kier molecular flexibility index (Phi) is 6.46. The second-order valence-electron chi connectivity index (χ2n) is 2.67. The highest BCUT2D eigenvalue weighted by atomic mass is 15.0. The van der Waals surface area contributed by atoms with E-state index in [2.05, 4.69) is 18.5 Å². The van der Waals surface area contributed by atoms with Gasteiger partial charge in [0.25, 0.3) is 0 Å². The van der Waals surface area contributed by atoms with E-state index in [1.54, 1.807) is 6.08 Å². The molecule has 1 heterocycles. The Balaban J connectivity index is 0.000000791. The predicted molar refractivity (Wildman–Crippen MR) is 63.1 cm³/mol. The zero-order valence-corrected chi connectivity index (χ0v) is 9.62. The minimum atomic E-state index is 0.981. The van der Waals surface area contributed by atoms with Gasteiger partial charge in [-0.2, -0.15) is 0 Å². The third-order valence-electron chi connectivity index (χ3n) is 1.76. The SMILES string of the molecule is C=C/C=C(\C)n1cnc(CC)c1.CC. The first-order valence-electron chi connectivity index (χ1n) is 5.10. The average Bonchev–Trinajstić information content (AvgIpc) is 2.69. The number of imidazole rings is 1. The fraction of sp³-hybridized carbons (Fsp3) is 0.417. The van der Waals surface area contributed by atoms with Gasteiger partial charge in [0.15, 0.2) is 0 Å². The summed E-state index contributed by atoms with van der Waals surface area (Å²) in [5, 5.41) is 0. The summed E-state index contributed by atoms with van der Waals surface area (Å²) < 4.78 is 2.00. The fourth-order valence-electron chi connectivity index (χ4n) is 0.996. The molecule has 0 saturated heterocycles. The molecule has 0 radical (unpaired) electrons. The molecule has 0 N–H and O–H groups in total. The van der Waals surface area contributed by atoms with Crippen molar-refractivity contribution < 1.29 is 0 Å². The molecule has 0 fully saturated rings. The first-order chi connectivity index (χ1) is 6.77. The lowest BCUT2D eigenvalue weighted by atomic mass is 10.4. The molecule has 0 atom stereocenters.